The number of carbonyl (C=O) groups excluding carboxylic acids is 1. The molecular weight excluding hydrogens is 637 g/mol. The lowest BCUT2D eigenvalue weighted by Crippen LogP contribution is -2.38. The number of hydrogen-bond acceptors (Lipinski definition) is 6. The Bertz CT molecular complexity index is 1700. The summed E-state index contributed by atoms with van der Waals surface area (Å²) in [5, 5.41) is 1.46. The molecule has 14 heteroatoms. The molecular formula is C26H24BrF3N2O6S2. The van der Waals surface area contributed by atoms with Crippen LogP contribution in [-0.2, 0) is 27.2 Å². The van der Waals surface area contributed by atoms with Crippen molar-refractivity contribution >= 4 is 63.8 Å². The molecule has 1 aromatic heterocycles. The van der Waals surface area contributed by atoms with Crippen molar-refractivity contribution in [3.8, 4) is 0 Å². The summed E-state index contributed by atoms with van der Waals surface area (Å²) < 4.78 is 89.9. The van der Waals surface area contributed by atoms with E-state index < -0.39 is 31.6 Å². The van der Waals surface area contributed by atoms with Gasteiger partial charge in [-0.1, -0.05) is 29.3 Å². The summed E-state index contributed by atoms with van der Waals surface area (Å²) in [6.45, 7) is 2.10. The Morgan fingerprint density at radius 2 is 1.38 bits per heavy atom. The number of fused-ring (bicyclic) bond motifs is 2. The Labute approximate surface area is 238 Å². The van der Waals surface area contributed by atoms with Crippen LogP contribution in [0.2, 0.25) is 0 Å². The Kier molecular flexibility index (Phi) is 9.60. The van der Waals surface area contributed by atoms with Gasteiger partial charge in [0.1, 0.15) is 27.4 Å². The lowest BCUT2D eigenvalue weighted by molar-refractivity contribution is -0.0517. The predicted octanol–water partition coefficient (Wildman–Crippen LogP) is 6.06. The first-order chi connectivity index (χ1) is 18.6. The zero-order chi connectivity index (χ0) is 29.9. The van der Waals surface area contributed by atoms with Crippen LogP contribution in [-0.4, -0.2) is 48.2 Å². The minimum atomic E-state index is -6.09. The second-order valence-electron chi connectivity index (χ2n) is 8.56. The number of halogens is 4. The maximum absolute atomic E-state index is 14.0. The van der Waals surface area contributed by atoms with E-state index in [1.54, 1.807) is 12.1 Å². The van der Waals surface area contributed by atoms with Gasteiger partial charge in [0, 0.05) is 30.2 Å². The molecule has 0 aliphatic rings. The number of amides is 1. The first-order valence-electron chi connectivity index (χ1n) is 11.8. The minimum absolute atomic E-state index is 0.0975. The molecule has 0 bridgehead atoms. The van der Waals surface area contributed by atoms with Gasteiger partial charge in [-0.2, -0.15) is 13.2 Å². The highest BCUT2D eigenvalue weighted by molar-refractivity contribution is 9.10. The largest absolute Gasteiger partial charge is 0.741 e. The SMILES string of the molecule is CCCCN(C(=O)[c+]1c2ccccc2n(C)c2ccccc21)S(=O)(=O)c1ccc(Br)cc1.O=S(=O)([O-])C(F)(F)F. The van der Waals surface area contributed by atoms with Crippen LogP contribution >= 0.6 is 15.9 Å². The number of alkyl halides is 3. The number of unbranched alkanes of at least 4 members (excludes halogenated alkanes) is 1. The summed E-state index contributed by atoms with van der Waals surface area (Å²) in [6.07, 6.45) is 1.35. The molecule has 3 aromatic carbocycles. The number of sulfonamides is 1. The van der Waals surface area contributed by atoms with E-state index in [9.17, 15) is 26.4 Å². The van der Waals surface area contributed by atoms with E-state index in [-0.39, 0.29) is 11.4 Å². The molecule has 0 radical (unpaired) electrons. The fraction of sp³-hybridized carbons (Fsp3) is 0.231. The van der Waals surface area contributed by atoms with Crippen molar-refractivity contribution in [2.24, 2.45) is 7.05 Å². The minimum Gasteiger partial charge on any atom is -0.741 e. The highest BCUT2D eigenvalue weighted by Gasteiger charge is 2.37. The van der Waals surface area contributed by atoms with E-state index in [4.69, 9.17) is 13.0 Å². The topological polar surface area (TPSA) is 117 Å². The highest BCUT2D eigenvalue weighted by Crippen LogP contribution is 2.31. The van der Waals surface area contributed by atoms with Gasteiger partial charge in [-0.05, 0) is 67.1 Å². The van der Waals surface area contributed by atoms with Crippen molar-refractivity contribution in [2.45, 2.75) is 30.2 Å². The third-order valence-corrected chi connectivity index (χ3v) is 8.80. The summed E-state index contributed by atoms with van der Waals surface area (Å²) in [6, 6.07) is 21.6. The monoisotopic (exact) mass is 660 g/mol. The molecule has 40 heavy (non-hydrogen) atoms. The maximum Gasteiger partial charge on any atom is 0.485 e. The van der Waals surface area contributed by atoms with E-state index in [0.29, 0.717) is 12.0 Å². The normalized spacial score (nSPS) is 12.2. The summed E-state index contributed by atoms with van der Waals surface area (Å²) in [4.78, 5) is 14.1. The standard InChI is InChI=1S/C25H24BrN2O3S.CHF3O3S/c1-3-4-17-28(32(30,31)19-15-13-18(26)14-16-19)25(29)24-20-9-5-7-11-22(20)27(2)23-12-8-6-10-21(23)24;2-1(3,4)8(5,6)7/h5-16H,3-4,17H2,1-2H3;(H,5,6,7)/q+1;/p-1. The summed E-state index contributed by atoms with van der Waals surface area (Å²) in [7, 11) is -8.17. The average molecular weight is 662 g/mol. The Balaban J connectivity index is 0.000000482. The van der Waals surface area contributed by atoms with Crippen LogP contribution in [0, 0.1) is 0 Å². The van der Waals surface area contributed by atoms with Gasteiger partial charge < -0.3 is 4.55 Å². The van der Waals surface area contributed by atoms with Crippen molar-refractivity contribution in [2.75, 3.05) is 6.54 Å². The van der Waals surface area contributed by atoms with E-state index in [1.165, 1.54) is 12.1 Å². The highest BCUT2D eigenvalue weighted by atomic mass is 79.9. The van der Waals surface area contributed by atoms with Crippen LogP contribution in [0.15, 0.2) is 82.2 Å². The second kappa shape index (κ2) is 12.2. The molecule has 0 saturated heterocycles. The number of carbonyl (C=O) groups is 1. The number of para-hydroxylation sites is 2. The summed E-state index contributed by atoms with van der Waals surface area (Å²) >= 11 is 3.34. The second-order valence-corrected chi connectivity index (χ2v) is 12.7. The van der Waals surface area contributed by atoms with Crippen molar-refractivity contribution in [1.82, 2.24) is 8.87 Å². The molecule has 0 aliphatic heterocycles. The van der Waals surface area contributed by atoms with Crippen molar-refractivity contribution in [3.63, 3.8) is 0 Å². The quantitative estimate of drug-likeness (QED) is 0.107. The van der Waals surface area contributed by atoms with Gasteiger partial charge >= 0.3 is 11.4 Å². The molecule has 214 valence electrons. The molecule has 4 aromatic rings. The molecule has 0 atom stereocenters. The Morgan fingerprint density at radius 1 is 0.925 bits per heavy atom. The van der Waals surface area contributed by atoms with Gasteiger partial charge in [0.2, 0.25) is 0 Å². The number of pyridine rings is 1. The molecule has 0 fully saturated rings. The lowest BCUT2D eigenvalue weighted by Gasteiger charge is -2.22. The van der Waals surface area contributed by atoms with Gasteiger partial charge in [0.15, 0.2) is 10.1 Å². The number of benzene rings is 3. The van der Waals surface area contributed by atoms with Gasteiger partial charge in [-0.15, -0.1) is 0 Å². The smallest absolute Gasteiger partial charge is 0.485 e. The summed E-state index contributed by atoms with van der Waals surface area (Å²) in [5.41, 5.74) is -3.50. The molecule has 0 aliphatic carbocycles. The number of aromatic nitrogens is 1. The zero-order valence-corrected chi connectivity index (χ0v) is 24.4. The van der Waals surface area contributed by atoms with Gasteiger partial charge in [0.25, 0.3) is 10.0 Å². The van der Waals surface area contributed by atoms with E-state index >= 15 is 0 Å². The number of nitrogens with zero attached hydrogens (tertiary/aromatic N) is 2. The van der Waals surface area contributed by atoms with Crippen molar-refractivity contribution in [3.05, 3.63) is 82.8 Å². The summed E-state index contributed by atoms with van der Waals surface area (Å²) in [5.74, 6) is -0.505. The number of rotatable bonds is 6. The molecule has 1 heterocycles. The molecule has 0 unspecified atom stereocenters. The maximum atomic E-state index is 14.0. The van der Waals surface area contributed by atoms with E-state index in [0.717, 1.165) is 37.0 Å². The predicted molar refractivity (Wildman–Crippen MR) is 148 cm³/mol. The van der Waals surface area contributed by atoms with E-state index in [1.807, 2.05) is 67.1 Å². The zero-order valence-electron chi connectivity index (χ0n) is 21.2. The molecule has 1 amide bonds. The Morgan fingerprint density at radius 3 is 1.80 bits per heavy atom. The van der Waals surface area contributed by atoms with Gasteiger partial charge in [0.05, 0.1) is 4.90 Å². The van der Waals surface area contributed by atoms with Crippen LogP contribution in [0.1, 0.15) is 30.1 Å². The lowest BCUT2D eigenvalue weighted by atomic mass is 10.0. The molecule has 8 nitrogen and oxygen atoms in total. The van der Waals surface area contributed by atoms with Crippen LogP contribution in [0.4, 0.5) is 13.2 Å². The fourth-order valence-electron chi connectivity index (χ4n) is 3.95. The first kappa shape index (κ1) is 31.5. The molecule has 0 N–H and O–H groups in total. The van der Waals surface area contributed by atoms with Gasteiger partial charge in [-0.25, -0.2) is 21.1 Å². The van der Waals surface area contributed by atoms with E-state index in [2.05, 4.69) is 15.9 Å². The van der Waals surface area contributed by atoms with Crippen LogP contribution in [0.3, 0.4) is 0 Å². The van der Waals surface area contributed by atoms with Crippen LogP contribution in [0.25, 0.3) is 21.8 Å². The molecule has 0 saturated carbocycles. The molecule has 0 spiro atoms. The number of aryl methyl sites for hydroxylation is 1. The fourth-order valence-corrected chi connectivity index (χ4v) is 5.63. The third-order valence-electron chi connectivity index (χ3n) is 5.91. The van der Waals surface area contributed by atoms with Crippen molar-refractivity contribution in [1.29, 1.82) is 0 Å². The first-order valence-corrected chi connectivity index (χ1v) is 15.4. The average Bonchev–Trinajstić information content (AvgIpc) is 2.88. The Hall–Kier alpha value is -3.07. The third kappa shape index (κ3) is 6.62. The number of hydrogen-bond donors (Lipinski definition) is 0. The van der Waals surface area contributed by atoms with Gasteiger partial charge in [-0.3, -0.25) is 9.36 Å². The van der Waals surface area contributed by atoms with Crippen molar-refractivity contribution < 1.29 is 39.4 Å². The van der Waals surface area contributed by atoms with Crippen LogP contribution in [0.5, 0.6) is 0 Å². The van der Waals surface area contributed by atoms with Crippen LogP contribution < -0.4 is 0 Å². The molecule has 4 rings (SSSR count).